The summed E-state index contributed by atoms with van der Waals surface area (Å²) in [6.45, 7) is 5.24. The minimum absolute atomic E-state index is 0.0162. The number of carbonyl (C=O) groups is 1. The summed E-state index contributed by atoms with van der Waals surface area (Å²) in [5.74, 6) is 0.0668. The Morgan fingerprint density at radius 1 is 1.42 bits per heavy atom. The van der Waals surface area contributed by atoms with Gasteiger partial charge in [-0.1, -0.05) is 13.8 Å². The van der Waals surface area contributed by atoms with Crippen LogP contribution in [0.5, 0.6) is 0 Å². The Morgan fingerprint density at radius 2 is 2.26 bits per heavy atom. The molecule has 104 valence electrons. The van der Waals surface area contributed by atoms with E-state index >= 15 is 0 Å². The first-order valence-corrected chi connectivity index (χ1v) is 7.91. The topological polar surface area (TPSA) is 54.0 Å². The highest BCUT2D eigenvalue weighted by molar-refractivity contribution is 7.15. The van der Waals surface area contributed by atoms with Crippen molar-refractivity contribution >= 4 is 22.4 Å². The molecule has 1 aliphatic heterocycles. The van der Waals surface area contributed by atoms with E-state index in [1.165, 1.54) is 17.0 Å². The van der Waals surface area contributed by atoms with Crippen molar-refractivity contribution in [3.05, 3.63) is 10.6 Å². The van der Waals surface area contributed by atoms with Crippen molar-refractivity contribution in [2.24, 2.45) is 5.41 Å². The number of piperidine rings is 1. The normalized spacial score (nSPS) is 25.1. The predicted molar refractivity (Wildman–Crippen MR) is 77.6 cm³/mol. The number of carbonyl (C=O) groups excluding carboxylic acids is 1. The van der Waals surface area contributed by atoms with Gasteiger partial charge in [-0.15, -0.1) is 11.3 Å². The largest absolute Gasteiger partial charge is 0.305 e. The number of fused-ring (bicyclic) bond motifs is 1. The van der Waals surface area contributed by atoms with Gasteiger partial charge in [0.25, 0.3) is 0 Å². The number of anilines is 1. The number of rotatable bonds is 2. The maximum atomic E-state index is 12.4. The molecule has 19 heavy (non-hydrogen) atoms. The number of hydrogen-bond acceptors (Lipinski definition) is 4. The number of aryl methyl sites for hydroxylation is 2. The summed E-state index contributed by atoms with van der Waals surface area (Å²) in [6.07, 6.45) is 5.62. The number of thiazole rings is 1. The molecule has 2 aliphatic rings. The van der Waals surface area contributed by atoms with E-state index in [-0.39, 0.29) is 17.4 Å². The molecule has 1 aliphatic carbocycles. The summed E-state index contributed by atoms with van der Waals surface area (Å²) >= 11 is 1.64. The predicted octanol–water partition coefficient (Wildman–Crippen LogP) is 2.35. The van der Waals surface area contributed by atoms with Crippen molar-refractivity contribution < 1.29 is 4.79 Å². The Labute approximate surface area is 118 Å². The van der Waals surface area contributed by atoms with Crippen molar-refractivity contribution in [2.45, 2.75) is 52.0 Å². The minimum Gasteiger partial charge on any atom is -0.305 e. The lowest BCUT2D eigenvalue weighted by Crippen LogP contribution is -2.53. The van der Waals surface area contributed by atoms with Crippen molar-refractivity contribution in [2.75, 3.05) is 11.9 Å². The lowest BCUT2D eigenvalue weighted by molar-refractivity contribution is -0.121. The van der Waals surface area contributed by atoms with Crippen LogP contribution in [0.1, 0.15) is 43.7 Å². The number of nitrogens with zero attached hydrogens (tertiary/aromatic N) is 1. The standard InChI is InChI=1S/C14H21N3OS/c1-14(2)7-4-8-15-11(14)12(18)17-13-16-9-5-3-6-10(9)19-13/h11,15H,3-8H2,1-2H3,(H,16,17,18). The second kappa shape index (κ2) is 4.87. The Bertz CT molecular complexity index is 473. The zero-order valence-electron chi connectivity index (χ0n) is 11.6. The number of amides is 1. The van der Waals surface area contributed by atoms with E-state index in [4.69, 9.17) is 0 Å². The zero-order chi connectivity index (χ0) is 13.5. The number of nitrogens with one attached hydrogen (secondary N) is 2. The summed E-state index contributed by atoms with van der Waals surface area (Å²) in [7, 11) is 0. The molecule has 4 nitrogen and oxygen atoms in total. The smallest absolute Gasteiger partial charge is 0.243 e. The Kier molecular flexibility index (Phi) is 3.35. The SMILES string of the molecule is CC1(C)CCCNC1C(=O)Nc1nc2c(s1)CCC2. The summed E-state index contributed by atoms with van der Waals surface area (Å²) in [4.78, 5) is 18.3. The van der Waals surface area contributed by atoms with E-state index in [1.807, 2.05) is 0 Å². The molecule has 1 unspecified atom stereocenters. The first-order chi connectivity index (χ1) is 9.06. The summed E-state index contributed by atoms with van der Waals surface area (Å²) < 4.78 is 0. The van der Waals surface area contributed by atoms with Crippen LogP contribution in [-0.4, -0.2) is 23.5 Å². The van der Waals surface area contributed by atoms with Crippen molar-refractivity contribution in [1.29, 1.82) is 0 Å². The highest BCUT2D eigenvalue weighted by Gasteiger charge is 2.37. The fourth-order valence-corrected chi connectivity index (χ4v) is 4.13. The summed E-state index contributed by atoms with van der Waals surface area (Å²) in [6, 6.07) is -0.111. The molecular weight excluding hydrogens is 258 g/mol. The van der Waals surface area contributed by atoms with Crippen LogP contribution < -0.4 is 10.6 Å². The van der Waals surface area contributed by atoms with Gasteiger partial charge in [-0.25, -0.2) is 4.98 Å². The van der Waals surface area contributed by atoms with Crippen molar-refractivity contribution in [3.63, 3.8) is 0 Å². The molecule has 0 bridgehead atoms. The molecule has 1 amide bonds. The Hall–Kier alpha value is -0.940. The fraction of sp³-hybridized carbons (Fsp3) is 0.714. The molecule has 1 atom stereocenters. The highest BCUT2D eigenvalue weighted by Crippen LogP contribution is 2.33. The summed E-state index contributed by atoms with van der Waals surface area (Å²) in [5.41, 5.74) is 1.21. The van der Waals surface area contributed by atoms with E-state index in [0.717, 1.165) is 37.4 Å². The highest BCUT2D eigenvalue weighted by atomic mass is 32.1. The van der Waals surface area contributed by atoms with Gasteiger partial charge in [-0.2, -0.15) is 0 Å². The van der Waals surface area contributed by atoms with Crippen molar-refractivity contribution in [1.82, 2.24) is 10.3 Å². The number of hydrogen-bond donors (Lipinski definition) is 2. The van der Waals surface area contributed by atoms with Crippen LogP contribution >= 0.6 is 11.3 Å². The van der Waals surface area contributed by atoms with Gasteiger partial charge in [0.05, 0.1) is 11.7 Å². The molecule has 1 fully saturated rings. The zero-order valence-corrected chi connectivity index (χ0v) is 12.4. The molecule has 0 aromatic carbocycles. The Morgan fingerprint density at radius 3 is 3.00 bits per heavy atom. The third-order valence-corrected chi connectivity index (χ3v) is 5.29. The van der Waals surface area contributed by atoms with Crippen LogP contribution in [0.25, 0.3) is 0 Å². The molecule has 1 aromatic rings. The van der Waals surface area contributed by atoms with Crippen LogP contribution in [0.2, 0.25) is 0 Å². The average molecular weight is 279 g/mol. The first kappa shape index (κ1) is 13.1. The maximum absolute atomic E-state index is 12.4. The minimum atomic E-state index is -0.111. The van der Waals surface area contributed by atoms with E-state index in [9.17, 15) is 4.79 Å². The van der Waals surface area contributed by atoms with Crippen LogP contribution in [0.4, 0.5) is 5.13 Å². The van der Waals surface area contributed by atoms with Gasteiger partial charge < -0.3 is 10.6 Å². The van der Waals surface area contributed by atoms with E-state index in [1.54, 1.807) is 11.3 Å². The third kappa shape index (κ3) is 2.54. The van der Waals surface area contributed by atoms with E-state index in [0.29, 0.717) is 0 Å². The van der Waals surface area contributed by atoms with Crippen LogP contribution in [0.15, 0.2) is 0 Å². The first-order valence-electron chi connectivity index (χ1n) is 7.09. The lowest BCUT2D eigenvalue weighted by Gasteiger charge is -2.38. The quantitative estimate of drug-likeness (QED) is 0.873. The number of aromatic nitrogens is 1. The molecule has 2 heterocycles. The second-order valence-corrected chi connectivity index (χ2v) is 7.29. The molecule has 3 rings (SSSR count). The molecule has 1 saturated heterocycles. The molecule has 0 radical (unpaired) electrons. The van der Waals surface area contributed by atoms with E-state index in [2.05, 4.69) is 29.5 Å². The molecule has 0 spiro atoms. The Balaban J connectivity index is 1.70. The van der Waals surface area contributed by atoms with Gasteiger partial charge in [0.1, 0.15) is 0 Å². The van der Waals surface area contributed by atoms with Crippen molar-refractivity contribution in [3.8, 4) is 0 Å². The molecule has 2 N–H and O–H groups in total. The average Bonchev–Trinajstić information content (AvgIpc) is 2.88. The third-order valence-electron chi connectivity index (χ3n) is 4.22. The maximum Gasteiger partial charge on any atom is 0.243 e. The van der Waals surface area contributed by atoms with Gasteiger partial charge in [0, 0.05) is 4.88 Å². The van der Waals surface area contributed by atoms with Gasteiger partial charge >= 0.3 is 0 Å². The monoisotopic (exact) mass is 279 g/mol. The molecular formula is C14H21N3OS. The van der Waals surface area contributed by atoms with Crippen LogP contribution in [0.3, 0.4) is 0 Å². The van der Waals surface area contributed by atoms with Crippen LogP contribution in [0, 0.1) is 5.41 Å². The molecule has 5 heteroatoms. The van der Waals surface area contributed by atoms with E-state index < -0.39 is 0 Å². The van der Waals surface area contributed by atoms with Gasteiger partial charge in [-0.3, -0.25) is 4.79 Å². The lowest BCUT2D eigenvalue weighted by atomic mass is 9.77. The van der Waals surface area contributed by atoms with Gasteiger partial charge in [-0.05, 0) is 44.1 Å². The molecule has 1 aromatic heterocycles. The summed E-state index contributed by atoms with van der Waals surface area (Å²) in [5, 5.41) is 7.12. The van der Waals surface area contributed by atoms with Crippen LogP contribution in [-0.2, 0) is 17.6 Å². The fourth-order valence-electron chi connectivity index (χ4n) is 3.08. The van der Waals surface area contributed by atoms with Gasteiger partial charge in [0.15, 0.2) is 5.13 Å². The second-order valence-electron chi connectivity index (χ2n) is 6.21. The van der Waals surface area contributed by atoms with Gasteiger partial charge in [0.2, 0.25) is 5.91 Å². The molecule has 0 saturated carbocycles.